The standard InChI is InChI=1S/C14H14O3S/c1-10-13(7-8-18-10)14(15)17-9-11-3-5-12(16-2)6-4-11/h3-8H,9H2,1-2H3. The van der Waals surface area contributed by atoms with E-state index in [1.807, 2.05) is 36.6 Å². The van der Waals surface area contributed by atoms with Gasteiger partial charge in [-0.1, -0.05) is 12.1 Å². The van der Waals surface area contributed by atoms with Gasteiger partial charge in [-0.2, -0.15) is 0 Å². The van der Waals surface area contributed by atoms with Gasteiger partial charge < -0.3 is 9.47 Å². The second-order valence-electron chi connectivity index (χ2n) is 3.81. The number of methoxy groups -OCH3 is 1. The number of benzene rings is 1. The first-order valence-corrected chi connectivity index (χ1v) is 6.43. The lowest BCUT2D eigenvalue weighted by Gasteiger charge is -2.05. The van der Waals surface area contributed by atoms with Crippen molar-refractivity contribution < 1.29 is 14.3 Å². The van der Waals surface area contributed by atoms with E-state index in [9.17, 15) is 4.79 Å². The summed E-state index contributed by atoms with van der Waals surface area (Å²) in [5.74, 6) is 0.517. The van der Waals surface area contributed by atoms with Crippen LogP contribution in [-0.4, -0.2) is 13.1 Å². The van der Waals surface area contributed by atoms with E-state index in [0.717, 1.165) is 16.2 Å². The molecule has 0 aliphatic heterocycles. The number of ether oxygens (including phenoxy) is 2. The van der Waals surface area contributed by atoms with Crippen LogP contribution in [0.4, 0.5) is 0 Å². The molecule has 0 saturated heterocycles. The lowest BCUT2D eigenvalue weighted by Crippen LogP contribution is -2.05. The highest BCUT2D eigenvalue weighted by atomic mass is 32.1. The smallest absolute Gasteiger partial charge is 0.339 e. The van der Waals surface area contributed by atoms with E-state index in [4.69, 9.17) is 9.47 Å². The second-order valence-corrected chi connectivity index (χ2v) is 4.93. The maximum atomic E-state index is 11.8. The zero-order valence-electron chi connectivity index (χ0n) is 10.3. The number of aryl methyl sites for hydroxylation is 1. The summed E-state index contributed by atoms with van der Waals surface area (Å²) in [6.45, 7) is 2.19. The third-order valence-corrected chi connectivity index (χ3v) is 3.45. The Kier molecular flexibility index (Phi) is 3.99. The fraction of sp³-hybridized carbons (Fsp3) is 0.214. The van der Waals surface area contributed by atoms with Crippen LogP contribution in [0.1, 0.15) is 20.8 Å². The third-order valence-electron chi connectivity index (χ3n) is 2.61. The predicted octanol–water partition coefficient (Wildman–Crippen LogP) is 3.42. The van der Waals surface area contributed by atoms with Crippen molar-refractivity contribution >= 4 is 17.3 Å². The van der Waals surface area contributed by atoms with E-state index in [-0.39, 0.29) is 12.6 Å². The highest BCUT2D eigenvalue weighted by Crippen LogP contribution is 2.17. The zero-order chi connectivity index (χ0) is 13.0. The minimum absolute atomic E-state index is 0.274. The van der Waals surface area contributed by atoms with Crippen LogP contribution in [0.15, 0.2) is 35.7 Å². The molecule has 0 fully saturated rings. The molecular formula is C14H14O3S. The van der Waals surface area contributed by atoms with Gasteiger partial charge in [-0.15, -0.1) is 11.3 Å². The van der Waals surface area contributed by atoms with Crippen molar-refractivity contribution in [2.45, 2.75) is 13.5 Å². The van der Waals surface area contributed by atoms with Gasteiger partial charge in [0.05, 0.1) is 12.7 Å². The molecule has 0 spiro atoms. The van der Waals surface area contributed by atoms with Crippen LogP contribution in [0.25, 0.3) is 0 Å². The van der Waals surface area contributed by atoms with Crippen molar-refractivity contribution in [3.63, 3.8) is 0 Å². The van der Waals surface area contributed by atoms with Crippen LogP contribution in [0.3, 0.4) is 0 Å². The molecule has 94 valence electrons. The van der Waals surface area contributed by atoms with Gasteiger partial charge in [0.15, 0.2) is 0 Å². The molecule has 0 atom stereocenters. The van der Waals surface area contributed by atoms with E-state index in [2.05, 4.69) is 0 Å². The van der Waals surface area contributed by atoms with Crippen LogP contribution < -0.4 is 4.74 Å². The highest BCUT2D eigenvalue weighted by molar-refractivity contribution is 7.10. The summed E-state index contributed by atoms with van der Waals surface area (Å²) >= 11 is 1.54. The highest BCUT2D eigenvalue weighted by Gasteiger charge is 2.11. The summed E-state index contributed by atoms with van der Waals surface area (Å²) in [5, 5.41) is 1.89. The first kappa shape index (κ1) is 12.6. The van der Waals surface area contributed by atoms with Crippen molar-refractivity contribution in [2.24, 2.45) is 0 Å². The molecule has 3 nitrogen and oxygen atoms in total. The summed E-state index contributed by atoms with van der Waals surface area (Å²) in [6.07, 6.45) is 0. The van der Waals surface area contributed by atoms with Crippen LogP contribution in [0, 0.1) is 6.92 Å². The molecule has 2 rings (SSSR count). The molecule has 0 radical (unpaired) electrons. The molecule has 0 aliphatic carbocycles. The minimum atomic E-state index is -0.274. The molecule has 0 unspecified atom stereocenters. The van der Waals surface area contributed by atoms with Crippen molar-refractivity contribution in [3.8, 4) is 5.75 Å². The molecule has 0 N–H and O–H groups in total. The topological polar surface area (TPSA) is 35.5 Å². The molecule has 1 aromatic carbocycles. The molecule has 0 aliphatic rings. The van der Waals surface area contributed by atoms with E-state index in [1.54, 1.807) is 24.5 Å². The van der Waals surface area contributed by atoms with Gasteiger partial charge in [-0.3, -0.25) is 0 Å². The Hall–Kier alpha value is -1.81. The molecule has 0 saturated carbocycles. The fourth-order valence-electron chi connectivity index (χ4n) is 1.55. The summed E-state index contributed by atoms with van der Waals surface area (Å²) in [6, 6.07) is 9.24. The maximum Gasteiger partial charge on any atom is 0.339 e. The first-order valence-electron chi connectivity index (χ1n) is 5.55. The van der Waals surface area contributed by atoms with Crippen molar-refractivity contribution in [1.82, 2.24) is 0 Å². The number of esters is 1. The third kappa shape index (κ3) is 2.90. The fourth-order valence-corrected chi connectivity index (χ4v) is 2.23. The van der Waals surface area contributed by atoms with Crippen LogP contribution >= 0.6 is 11.3 Å². The SMILES string of the molecule is COc1ccc(COC(=O)c2ccsc2C)cc1. The molecule has 0 amide bonds. The molecule has 1 heterocycles. The normalized spacial score (nSPS) is 10.1. The Balaban J connectivity index is 1.95. The van der Waals surface area contributed by atoms with E-state index < -0.39 is 0 Å². The Morgan fingerprint density at radius 3 is 2.50 bits per heavy atom. The van der Waals surface area contributed by atoms with Gasteiger partial charge in [0.2, 0.25) is 0 Å². The largest absolute Gasteiger partial charge is 0.497 e. The molecule has 4 heteroatoms. The first-order chi connectivity index (χ1) is 8.70. The van der Waals surface area contributed by atoms with E-state index in [0.29, 0.717) is 5.56 Å². The molecule has 2 aromatic rings. The quantitative estimate of drug-likeness (QED) is 0.792. The Morgan fingerprint density at radius 2 is 1.94 bits per heavy atom. The van der Waals surface area contributed by atoms with Gasteiger partial charge in [0, 0.05) is 4.88 Å². The van der Waals surface area contributed by atoms with Gasteiger partial charge in [-0.25, -0.2) is 4.79 Å². The average molecular weight is 262 g/mol. The Morgan fingerprint density at radius 1 is 1.22 bits per heavy atom. The van der Waals surface area contributed by atoms with Crippen LogP contribution in [0.2, 0.25) is 0 Å². The summed E-state index contributed by atoms with van der Waals surface area (Å²) in [7, 11) is 1.62. The Bertz CT molecular complexity index is 528. The summed E-state index contributed by atoms with van der Waals surface area (Å²) < 4.78 is 10.3. The lowest BCUT2D eigenvalue weighted by molar-refractivity contribution is 0.0472. The number of rotatable bonds is 4. The number of thiophene rings is 1. The summed E-state index contributed by atoms with van der Waals surface area (Å²) in [5.41, 5.74) is 1.59. The molecule has 0 bridgehead atoms. The van der Waals surface area contributed by atoms with E-state index >= 15 is 0 Å². The second kappa shape index (κ2) is 5.69. The van der Waals surface area contributed by atoms with E-state index in [1.165, 1.54) is 0 Å². The number of carbonyl (C=O) groups excluding carboxylic acids is 1. The van der Waals surface area contributed by atoms with Crippen LogP contribution in [0.5, 0.6) is 5.75 Å². The minimum Gasteiger partial charge on any atom is -0.497 e. The summed E-state index contributed by atoms with van der Waals surface area (Å²) in [4.78, 5) is 12.8. The lowest BCUT2D eigenvalue weighted by atomic mass is 10.2. The zero-order valence-corrected chi connectivity index (χ0v) is 11.1. The monoisotopic (exact) mass is 262 g/mol. The molecule has 18 heavy (non-hydrogen) atoms. The van der Waals surface area contributed by atoms with Gasteiger partial charge in [0.25, 0.3) is 0 Å². The maximum absolute atomic E-state index is 11.8. The predicted molar refractivity (Wildman–Crippen MR) is 71.2 cm³/mol. The Labute approximate surface area is 110 Å². The van der Waals surface area contributed by atoms with Crippen molar-refractivity contribution in [2.75, 3.05) is 7.11 Å². The van der Waals surface area contributed by atoms with Crippen LogP contribution in [-0.2, 0) is 11.3 Å². The number of hydrogen-bond acceptors (Lipinski definition) is 4. The van der Waals surface area contributed by atoms with Crippen molar-refractivity contribution in [1.29, 1.82) is 0 Å². The molecular weight excluding hydrogens is 248 g/mol. The number of hydrogen-bond donors (Lipinski definition) is 0. The van der Waals surface area contributed by atoms with Crippen molar-refractivity contribution in [3.05, 3.63) is 51.7 Å². The average Bonchev–Trinajstić information content (AvgIpc) is 2.83. The van der Waals surface area contributed by atoms with Gasteiger partial charge >= 0.3 is 5.97 Å². The molecule has 1 aromatic heterocycles. The number of carbonyl (C=O) groups is 1. The van der Waals surface area contributed by atoms with Gasteiger partial charge in [0.1, 0.15) is 12.4 Å². The van der Waals surface area contributed by atoms with Gasteiger partial charge in [-0.05, 0) is 36.1 Å².